The normalized spacial score (nSPS) is 39.9. The third-order valence-electron chi connectivity index (χ3n) is 4.99. The molecule has 0 radical (unpaired) electrons. The summed E-state index contributed by atoms with van der Waals surface area (Å²) in [6.07, 6.45) is 10.9. The Morgan fingerprint density at radius 2 is 1.83 bits per heavy atom. The molecule has 104 valence electrons. The fourth-order valence-corrected chi connectivity index (χ4v) is 3.68. The number of hydrogen-bond donors (Lipinski definition) is 1. The molecule has 2 heteroatoms. The van der Waals surface area contributed by atoms with Gasteiger partial charge in [-0.3, -0.25) is 0 Å². The summed E-state index contributed by atoms with van der Waals surface area (Å²) >= 11 is 0. The van der Waals surface area contributed by atoms with E-state index in [9.17, 15) is 0 Å². The highest BCUT2D eigenvalue weighted by atomic mass is 16.5. The van der Waals surface area contributed by atoms with E-state index >= 15 is 0 Å². The first-order chi connectivity index (χ1) is 8.61. The lowest BCUT2D eigenvalue weighted by Gasteiger charge is -2.28. The lowest BCUT2D eigenvalue weighted by Crippen LogP contribution is -2.39. The Hall–Kier alpha value is -0.340. The Bertz CT molecular complexity index is 299. The van der Waals surface area contributed by atoms with Crippen LogP contribution in [0.15, 0.2) is 11.6 Å². The van der Waals surface area contributed by atoms with Crippen molar-refractivity contribution in [3.63, 3.8) is 0 Å². The smallest absolute Gasteiger partial charge is 0.0600 e. The second-order valence-corrected chi connectivity index (χ2v) is 6.24. The van der Waals surface area contributed by atoms with Crippen LogP contribution in [0.25, 0.3) is 0 Å². The van der Waals surface area contributed by atoms with Crippen LogP contribution in [0, 0.1) is 11.8 Å². The number of allylic oxidation sites excluding steroid dienone is 1. The van der Waals surface area contributed by atoms with Crippen LogP contribution in [0.2, 0.25) is 0 Å². The van der Waals surface area contributed by atoms with Crippen molar-refractivity contribution < 1.29 is 4.74 Å². The van der Waals surface area contributed by atoms with Crippen LogP contribution >= 0.6 is 0 Å². The molecule has 1 saturated heterocycles. The van der Waals surface area contributed by atoms with Gasteiger partial charge >= 0.3 is 0 Å². The predicted octanol–water partition coefficient (Wildman–Crippen LogP) is 3.65. The molecule has 0 aromatic rings. The Kier molecular flexibility index (Phi) is 4.85. The summed E-state index contributed by atoms with van der Waals surface area (Å²) in [5.41, 5.74) is 8.07. The van der Waals surface area contributed by atoms with Crippen molar-refractivity contribution in [1.82, 2.24) is 0 Å². The van der Waals surface area contributed by atoms with E-state index in [0.29, 0.717) is 24.0 Å². The zero-order chi connectivity index (χ0) is 13.1. The standard InChI is InChI=1S/C16H29NO/c1-11-12(2)18-13(3)15(11)16(17)14-9-7-5-4-6-8-10-14/h9,11-13,15-16H,4-8,10,17H2,1-3H3. The minimum absolute atomic E-state index is 0.207. The van der Waals surface area contributed by atoms with Crippen LogP contribution in [-0.4, -0.2) is 18.2 Å². The third kappa shape index (κ3) is 2.97. The summed E-state index contributed by atoms with van der Waals surface area (Å²) in [4.78, 5) is 0. The van der Waals surface area contributed by atoms with Gasteiger partial charge in [-0.15, -0.1) is 0 Å². The second kappa shape index (κ2) is 6.21. The summed E-state index contributed by atoms with van der Waals surface area (Å²) in [5, 5.41) is 0. The Labute approximate surface area is 112 Å². The lowest BCUT2D eigenvalue weighted by atomic mass is 9.79. The molecule has 0 aromatic carbocycles. The molecular formula is C16H29NO. The Balaban J connectivity index is 2.07. The molecule has 2 N–H and O–H groups in total. The third-order valence-corrected chi connectivity index (χ3v) is 4.99. The molecule has 1 heterocycles. The highest BCUT2D eigenvalue weighted by Gasteiger charge is 2.41. The van der Waals surface area contributed by atoms with E-state index in [1.165, 1.54) is 44.1 Å². The van der Waals surface area contributed by atoms with Crippen LogP contribution in [0.3, 0.4) is 0 Å². The molecule has 1 aliphatic carbocycles. The molecule has 1 fully saturated rings. The van der Waals surface area contributed by atoms with Crippen LogP contribution in [-0.2, 0) is 4.74 Å². The van der Waals surface area contributed by atoms with Crippen LogP contribution < -0.4 is 5.73 Å². The molecule has 0 bridgehead atoms. The zero-order valence-electron chi connectivity index (χ0n) is 12.2. The van der Waals surface area contributed by atoms with Crippen molar-refractivity contribution in [2.75, 3.05) is 0 Å². The van der Waals surface area contributed by atoms with E-state index in [-0.39, 0.29) is 6.04 Å². The fourth-order valence-electron chi connectivity index (χ4n) is 3.68. The molecule has 5 atom stereocenters. The maximum absolute atomic E-state index is 6.57. The summed E-state index contributed by atoms with van der Waals surface area (Å²) < 4.78 is 5.95. The molecule has 1 aliphatic heterocycles. The maximum Gasteiger partial charge on any atom is 0.0600 e. The number of rotatable bonds is 2. The summed E-state index contributed by atoms with van der Waals surface area (Å²) in [6, 6.07) is 0.207. The topological polar surface area (TPSA) is 35.2 Å². The van der Waals surface area contributed by atoms with Crippen molar-refractivity contribution in [3.8, 4) is 0 Å². The van der Waals surface area contributed by atoms with Gasteiger partial charge < -0.3 is 10.5 Å². The molecule has 0 amide bonds. The largest absolute Gasteiger partial charge is 0.375 e. The number of ether oxygens (including phenoxy) is 1. The van der Waals surface area contributed by atoms with Crippen LogP contribution in [0.1, 0.15) is 59.3 Å². The predicted molar refractivity (Wildman–Crippen MR) is 76.4 cm³/mol. The average Bonchev–Trinajstić information content (AvgIpc) is 2.52. The molecule has 0 saturated carbocycles. The van der Waals surface area contributed by atoms with Gasteiger partial charge in [0.25, 0.3) is 0 Å². The van der Waals surface area contributed by atoms with Gasteiger partial charge in [-0.2, -0.15) is 0 Å². The Morgan fingerprint density at radius 1 is 1.11 bits per heavy atom. The van der Waals surface area contributed by atoms with Crippen molar-refractivity contribution >= 4 is 0 Å². The summed E-state index contributed by atoms with van der Waals surface area (Å²) in [6.45, 7) is 6.66. The highest BCUT2D eigenvalue weighted by molar-refractivity contribution is 5.15. The average molecular weight is 251 g/mol. The minimum Gasteiger partial charge on any atom is -0.375 e. The van der Waals surface area contributed by atoms with Crippen molar-refractivity contribution in [2.45, 2.75) is 77.5 Å². The van der Waals surface area contributed by atoms with Gasteiger partial charge in [-0.1, -0.05) is 31.4 Å². The first-order valence-electron chi connectivity index (χ1n) is 7.71. The molecule has 2 nitrogen and oxygen atoms in total. The van der Waals surface area contributed by atoms with E-state index < -0.39 is 0 Å². The molecular weight excluding hydrogens is 222 g/mol. The van der Waals surface area contributed by atoms with Crippen molar-refractivity contribution in [1.29, 1.82) is 0 Å². The van der Waals surface area contributed by atoms with Gasteiger partial charge in [0.15, 0.2) is 0 Å². The SMILES string of the molecule is CC1OC(C)C(C(N)C2=CCCCCCC2)C1C. The molecule has 5 unspecified atom stereocenters. The summed E-state index contributed by atoms with van der Waals surface area (Å²) in [7, 11) is 0. The van der Waals surface area contributed by atoms with Crippen LogP contribution in [0.5, 0.6) is 0 Å². The minimum atomic E-state index is 0.207. The van der Waals surface area contributed by atoms with Crippen LogP contribution in [0.4, 0.5) is 0 Å². The molecule has 18 heavy (non-hydrogen) atoms. The van der Waals surface area contributed by atoms with Gasteiger partial charge in [-0.25, -0.2) is 0 Å². The van der Waals surface area contributed by atoms with Gasteiger partial charge in [-0.05, 0) is 45.4 Å². The highest BCUT2D eigenvalue weighted by Crippen LogP contribution is 2.37. The van der Waals surface area contributed by atoms with E-state index in [0.717, 1.165) is 0 Å². The molecule has 2 rings (SSSR count). The van der Waals surface area contributed by atoms with Crippen molar-refractivity contribution in [2.24, 2.45) is 17.6 Å². The molecule has 2 aliphatic rings. The lowest BCUT2D eigenvalue weighted by molar-refractivity contribution is 0.0498. The molecule has 0 aromatic heterocycles. The Morgan fingerprint density at radius 3 is 2.50 bits per heavy atom. The second-order valence-electron chi connectivity index (χ2n) is 6.24. The van der Waals surface area contributed by atoms with E-state index in [4.69, 9.17) is 10.5 Å². The van der Waals surface area contributed by atoms with E-state index in [2.05, 4.69) is 26.8 Å². The van der Waals surface area contributed by atoms with Gasteiger partial charge in [0, 0.05) is 12.0 Å². The van der Waals surface area contributed by atoms with E-state index in [1.807, 2.05) is 0 Å². The van der Waals surface area contributed by atoms with Gasteiger partial charge in [0.2, 0.25) is 0 Å². The quantitative estimate of drug-likeness (QED) is 0.760. The fraction of sp³-hybridized carbons (Fsp3) is 0.875. The first-order valence-corrected chi connectivity index (χ1v) is 7.71. The molecule has 0 spiro atoms. The van der Waals surface area contributed by atoms with Gasteiger partial charge in [0.05, 0.1) is 12.2 Å². The number of hydrogen-bond acceptors (Lipinski definition) is 2. The summed E-state index contributed by atoms with van der Waals surface area (Å²) in [5.74, 6) is 1.06. The van der Waals surface area contributed by atoms with E-state index in [1.54, 1.807) is 0 Å². The van der Waals surface area contributed by atoms with Gasteiger partial charge in [0.1, 0.15) is 0 Å². The number of nitrogens with two attached hydrogens (primary N) is 1. The maximum atomic E-state index is 6.57. The van der Waals surface area contributed by atoms with Crippen molar-refractivity contribution in [3.05, 3.63) is 11.6 Å². The monoisotopic (exact) mass is 251 g/mol. The zero-order valence-corrected chi connectivity index (χ0v) is 12.2. The first kappa shape index (κ1) is 14.1.